The van der Waals surface area contributed by atoms with Crippen LogP contribution in [-0.2, 0) is 0 Å². The number of furan rings is 1. The standard InChI is InChI=1S/C7H5F5O2/c8-6(9,7(10,11)12)5(13)4-2-1-3-14-4/h1-3,5,13H/t5-/m1/s1. The SMILES string of the molecule is O[C@H](c1ccco1)C(F)(F)C(F)(F)F. The summed E-state index contributed by atoms with van der Waals surface area (Å²) < 4.78 is 64.3. The summed E-state index contributed by atoms with van der Waals surface area (Å²) in [6.45, 7) is 0. The Bertz CT molecular complexity index is 290. The van der Waals surface area contributed by atoms with E-state index in [1.54, 1.807) is 0 Å². The first kappa shape index (κ1) is 11.0. The van der Waals surface area contributed by atoms with Gasteiger partial charge >= 0.3 is 12.1 Å². The molecule has 1 aromatic heterocycles. The Morgan fingerprint density at radius 1 is 1.21 bits per heavy atom. The van der Waals surface area contributed by atoms with Crippen LogP contribution in [0.2, 0.25) is 0 Å². The number of hydrogen-bond donors (Lipinski definition) is 1. The van der Waals surface area contributed by atoms with Crippen molar-refractivity contribution in [2.75, 3.05) is 0 Å². The fraction of sp³-hybridized carbons (Fsp3) is 0.429. The van der Waals surface area contributed by atoms with Gasteiger partial charge in [0.05, 0.1) is 6.26 Å². The summed E-state index contributed by atoms with van der Waals surface area (Å²) in [5.41, 5.74) is 0. The van der Waals surface area contributed by atoms with Gasteiger partial charge in [0.2, 0.25) is 0 Å². The van der Waals surface area contributed by atoms with Crippen molar-refractivity contribution in [2.45, 2.75) is 18.2 Å². The van der Waals surface area contributed by atoms with Crippen LogP contribution in [0.4, 0.5) is 22.0 Å². The summed E-state index contributed by atoms with van der Waals surface area (Å²) >= 11 is 0. The molecule has 0 aliphatic heterocycles. The predicted molar refractivity (Wildman–Crippen MR) is 34.7 cm³/mol. The fourth-order valence-electron chi connectivity index (χ4n) is 0.781. The second kappa shape index (κ2) is 3.23. The average molecular weight is 216 g/mol. The van der Waals surface area contributed by atoms with Crippen molar-refractivity contribution in [2.24, 2.45) is 0 Å². The van der Waals surface area contributed by atoms with E-state index in [1.165, 1.54) is 0 Å². The lowest BCUT2D eigenvalue weighted by atomic mass is 10.1. The van der Waals surface area contributed by atoms with Gasteiger partial charge in [-0.2, -0.15) is 22.0 Å². The molecule has 1 rings (SSSR count). The van der Waals surface area contributed by atoms with E-state index in [9.17, 15) is 22.0 Å². The van der Waals surface area contributed by atoms with Crippen molar-refractivity contribution in [3.05, 3.63) is 24.2 Å². The van der Waals surface area contributed by atoms with Crippen LogP contribution in [0.5, 0.6) is 0 Å². The molecular formula is C7H5F5O2. The Balaban J connectivity index is 2.94. The van der Waals surface area contributed by atoms with Gasteiger partial charge in [-0.1, -0.05) is 0 Å². The molecule has 80 valence electrons. The van der Waals surface area contributed by atoms with E-state index >= 15 is 0 Å². The summed E-state index contributed by atoms with van der Waals surface area (Å²) in [6.07, 6.45) is -7.93. The van der Waals surface area contributed by atoms with Crippen molar-refractivity contribution in [3.8, 4) is 0 Å². The van der Waals surface area contributed by atoms with E-state index in [1.807, 2.05) is 0 Å². The molecule has 0 bridgehead atoms. The fourth-order valence-corrected chi connectivity index (χ4v) is 0.781. The van der Waals surface area contributed by atoms with Gasteiger partial charge in [-0.15, -0.1) is 0 Å². The van der Waals surface area contributed by atoms with E-state index in [0.717, 1.165) is 18.4 Å². The minimum atomic E-state index is -5.81. The molecule has 1 atom stereocenters. The van der Waals surface area contributed by atoms with E-state index < -0.39 is 24.0 Å². The third kappa shape index (κ3) is 1.72. The first-order chi connectivity index (χ1) is 6.27. The van der Waals surface area contributed by atoms with Gasteiger partial charge in [0, 0.05) is 0 Å². The number of halogens is 5. The van der Waals surface area contributed by atoms with E-state index in [-0.39, 0.29) is 0 Å². The largest absolute Gasteiger partial charge is 0.466 e. The number of aliphatic hydroxyl groups is 1. The van der Waals surface area contributed by atoms with Crippen molar-refractivity contribution in [3.63, 3.8) is 0 Å². The number of rotatable bonds is 2. The molecule has 1 aromatic rings. The van der Waals surface area contributed by atoms with Crippen LogP contribution in [0.3, 0.4) is 0 Å². The highest BCUT2D eigenvalue weighted by Gasteiger charge is 2.63. The van der Waals surface area contributed by atoms with Crippen LogP contribution < -0.4 is 0 Å². The maximum atomic E-state index is 12.5. The quantitative estimate of drug-likeness (QED) is 0.770. The second-order valence-electron chi connectivity index (χ2n) is 2.54. The Morgan fingerprint density at radius 3 is 2.14 bits per heavy atom. The molecular weight excluding hydrogens is 211 g/mol. The lowest BCUT2D eigenvalue weighted by Crippen LogP contribution is -2.42. The van der Waals surface area contributed by atoms with E-state index in [2.05, 4.69) is 4.42 Å². The van der Waals surface area contributed by atoms with E-state index in [4.69, 9.17) is 5.11 Å². The molecule has 0 aliphatic carbocycles. The number of aliphatic hydroxyl groups excluding tert-OH is 1. The highest BCUT2D eigenvalue weighted by Crippen LogP contribution is 2.44. The topological polar surface area (TPSA) is 33.4 Å². The van der Waals surface area contributed by atoms with Crippen LogP contribution >= 0.6 is 0 Å². The first-order valence-electron chi connectivity index (χ1n) is 3.43. The van der Waals surface area contributed by atoms with Crippen molar-refractivity contribution in [1.29, 1.82) is 0 Å². The van der Waals surface area contributed by atoms with Gasteiger partial charge in [0.25, 0.3) is 0 Å². The zero-order valence-corrected chi connectivity index (χ0v) is 6.55. The number of hydrogen-bond acceptors (Lipinski definition) is 2. The van der Waals surface area contributed by atoms with Crippen molar-refractivity contribution in [1.82, 2.24) is 0 Å². The molecule has 0 amide bonds. The second-order valence-corrected chi connectivity index (χ2v) is 2.54. The molecule has 0 saturated heterocycles. The van der Waals surface area contributed by atoms with Crippen molar-refractivity contribution >= 4 is 0 Å². The minimum absolute atomic E-state index is 0.827. The molecule has 2 nitrogen and oxygen atoms in total. The molecule has 0 spiro atoms. The zero-order valence-electron chi connectivity index (χ0n) is 6.55. The Labute approximate surface area is 74.9 Å². The molecule has 0 unspecified atom stereocenters. The van der Waals surface area contributed by atoms with Crippen LogP contribution in [0.1, 0.15) is 11.9 Å². The van der Waals surface area contributed by atoms with Gasteiger partial charge < -0.3 is 9.52 Å². The van der Waals surface area contributed by atoms with Crippen LogP contribution in [0, 0.1) is 0 Å². The Morgan fingerprint density at radius 2 is 1.79 bits per heavy atom. The normalized spacial score (nSPS) is 15.6. The summed E-state index contributed by atoms with van der Waals surface area (Å²) in [6, 6.07) is 1.94. The molecule has 0 saturated carbocycles. The monoisotopic (exact) mass is 216 g/mol. The Hall–Kier alpha value is -1.11. The zero-order chi connectivity index (χ0) is 11.0. The maximum absolute atomic E-state index is 12.5. The summed E-state index contributed by atoms with van der Waals surface area (Å²) in [5, 5.41) is 8.71. The third-order valence-electron chi connectivity index (χ3n) is 1.53. The lowest BCUT2D eigenvalue weighted by molar-refractivity contribution is -0.317. The molecule has 7 heteroatoms. The summed E-state index contributed by atoms with van der Waals surface area (Å²) in [5.74, 6) is -6.04. The predicted octanol–water partition coefficient (Wildman–Crippen LogP) is 2.51. The molecule has 1 N–H and O–H groups in total. The highest BCUT2D eigenvalue weighted by molar-refractivity contribution is 5.07. The Kier molecular flexibility index (Phi) is 2.53. The van der Waals surface area contributed by atoms with Crippen LogP contribution in [0.15, 0.2) is 22.8 Å². The molecule has 0 radical (unpaired) electrons. The van der Waals surface area contributed by atoms with Crippen LogP contribution in [-0.4, -0.2) is 17.2 Å². The smallest absolute Gasteiger partial charge is 0.456 e. The molecule has 14 heavy (non-hydrogen) atoms. The summed E-state index contributed by atoms with van der Waals surface area (Å²) in [7, 11) is 0. The van der Waals surface area contributed by atoms with Gasteiger partial charge in [-0.3, -0.25) is 0 Å². The van der Waals surface area contributed by atoms with Crippen LogP contribution in [0.25, 0.3) is 0 Å². The molecule has 1 heterocycles. The van der Waals surface area contributed by atoms with Gasteiger partial charge in [0.15, 0.2) is 6.10 Å². The number of alkyl halides is 5. The van der Waals surface area contributed by atoms with E-state index in [0.29, 0.717) is 0 Å². The molecule has 0 aliphatic rings. The lowest BCUT2D eigenvalue weighted by Gasteiger charge is -2.23. The first-order valence-corrected chi connectivity index (χ1v) is 3.43. The highest BCUT2D eigenvalue weighted by atomic mass is 19.4. The van der Waals surface area contributed by atoms with Crippen molar-refractivity contribution < 1.29 is 31.5 Å². The van der Waals surface area contributed by atoms with Gasteiger partial charge in [0.1, 0.15) is 5.76 Å². The molecule has 0 aromatic carbocycles. The third-order valence-corrected chi connectivity index (χ3v) is 1.53. The average Bonchev–Trinajstić information content (AvgIpc) is 2.52. The maximum Gasteiger partial charge on any atom is 0.456 e. The van der Waals surface area contributed by atoms with Gasteiger partial charge in [-0.05, 0) is 12.1 Å². The summed E-state index contributed by atoms with van der Waals surface area (Å²) in [4.78, 5) is 0. The minimum Gasteiger partial charge on any atom is -0.466 e. The molecule has 0 fully saturated rings. The van der Waals surface area contributed by atoms with Gasteiger partial charge in [-0.25, -0.2) is 0 Å².